The van der Waals surface area contributed by atoms with Gasteiger partial charge in [-0.1, -0.05) is 0 Å². The molecular formula is C24H24N14O4S2. The molecule has 0 saturated carbocycles. The predicted molar refractivity (Wildman–Crippen MR) is 159 cm³/mol. The second kappa shape index (κ2) is 12.1. The average Bonchev–Trinajstić information content (AvgIpc) is 3.73. The van der Waals surface area contributed by atoms with Crippen LogP contribution >= 0.6 is 23.1 Å². The number of azo groups is 2. The number of anilines is 2. The van der Waals surface area contributed by atoms with Gasteiger partial charge in [0.1, 0.15) is 18.5 Å². The molecule has 0 aromatic carbocycles. The summed E-state index contributed by atoms with van der Waals surface area (Å²) >= 11 is 1.97. The third-order valence-electron chi connectivity index (χ3n) is 6.18. The van der Waals surface area contributed by atoms with Crippen LogP contribution in [0.4, 0.5) is 33.0 Å². The smallest absolute Gasteiger partial charge is 0.342 e. The van der Waals surface area contributed by atoms with Crippen LogP contribution in [0.25, 0.3) is 11.6 Å². The molecule has 0 aliphatic heterocycles. The molecule has 0 atom stereocenters. The van der Waals surface area contributed by atoms with E-state index in [9.17, 15) is 14.7 Å². The first-order valence-electron chi connectivity index (χ1n) is 12.6. The van der Waals surface area contributed by atoms with Crippen LogP contribution in [0.5, 0.6) is 0 Å². The summed E-state index contributed by atoms with van der Waals surface area (Å²) in [4.78, 5) is 32.8. The zero-order chi connectivity index (χ0) is 31.7. The highest BCUT2D eigenvalue weighted by atomic mass is 32.1. The summed E-state index contributed by atoms with van der Waals surface area (Å²) in [5, 5.41) is 35.4. The number of hydrogen-bond donors (Lipinski definition) is 3. The first-order valence-corrected chi connectivity index (χ1v) is 14.1. The first-order chi connectivity index (χ1) is 21.0. The molecule has 0 bridgehead atoms. The first kappa shape index (κ1) is 30.1. The Bertz CT molecular complexity index is 1830. The Labute approximate surface area is 256 Å². The van der Waals surface area contributed by atoms with E-state index in [1.165, 1.54) is 22.8 Å². The Morgan fingerprint density at radius 2 is 1.30 bits per heavy atom. The van der Waals surface area contributed by atoms with Crippen molar-refractivity contribution in [2.45, 2.75) is 27.7 Å². The van der Waals surface area contributed by atoms with Crippen LogP contribution in [-0.4, -0.2) is 68.9 Å². The molecule has 226 valence electrons. The Morgan fingerprint density at radius 1 is 0.818 bits per heavy atom. The summed E-state index contributed by atoms with van der Waals surface area (Å²) in [7, 11) is 1.27. The molecule has 0 saturated heterocycles. The van der Waals surface area contributed by atoms with E-state index < -0.39 is 18.4 Å². The normalized spacial score (nSPS) is 11.7. The average molecular weight is 637 g/mol. The zero-order valence-corrected chi connectivity index (χ0v) is 25.5. The Kier molecular flexibility index (Phi) is 8.29. The molecule has 0 amide bonds. The van der Waals surface area contributed by atoms with Gasteiger partial charge in [0.25, 0.3) is 0 Å². The van der Waals surface area contributed by atoms with Gasteiger partial charge in [0.2, 0.25) is 0 Å². The van der Waals surface area contributed by atoms with Gasteiger partial charge in [0.05, 0.1) is 35.4 Å². The number of hydrogen-bond acceptors (Lipinski definition) is 18. The van der Waals surface area contributed by atoms with Gasteiger partial charge >= 0.3 is 5.97 Å². The molecule has 5 N–H and O–H groups in total. The molecule has 5 aromatic heterocycles. The van der Waals surface area contributed by atoms with E-state index in [4.69, 9.17) is 16.2 Å². The maximum absolute atomic E-state index is 12.1. The monoisotopic (exact) mass is 636 g/mol. The Balaban J connectivity index is 1.46. The molecule has 5 aromatic rings. The second-order valence-electron chi connectivity index (χ2n) is 9.07. The van der Waals surface area contributed by atoms with E-state index in [1.54, 1.807) is 33.8 Å². The molecule has 0 spiro atoms. The van der Waals surface area contributed by atoms with E-state index in [-0.39, 0.29) is 55.8 Å². The van der Waals surface area contributed by atoms with Crippen molar-refractivity contribution < 1.29 is 19.4 Å². The van der Waals surface area contributed by atoms with Crippen LogP contribution in [0.1, 0.15) is 43.5 Å². The minimum atomic E-state index is -0.677. The van der Waals surface area contributed by atoms with E-state index >= 15 is 0 Å². The zero-order valence-electron chi connectivity index (χ0n) is 23.9. The summed E-state index contributed by atoms with van der Waals surface area (Å²) in [6.07, 6.45) is 1.29. The number of aromatic nitrogens is 8. The molecular weight excluding hydrogens is 612 g/mol. The van der Waals surface area contributed by atoms with Crippen LogP contribution in [0.2, 0.25) is 0 Å². The maximum atomic E-state index is 12.1. The van der Waals surface area contributed by atoms with Crippen molar-refractivity contribution in [1.82, 2.24) is 38.3 Å². The van der Waals surface area contributed by atoms with Gasteiger partial charge in [-0.3, -0.25) is 4.79 Å². The number of carbonyl (C=O) groups is 2. The van der Waals surface area contributed by atoms with Crippen LogP contribution in [0, 0.1) is 27.7 Å². The molecule has 0 aliphatic carbocycles. The molecule has 0 aliphatic rings. The standard InChI is InChI=1S/C24H24N14O4S2/c1-9-16(13(40)7-39)22(43-35-9)31-29-18-11(3)33-37(20(18)25)14-6-15(28-8-27-14)38-21(26)19(12(4)34-38)30-32-23-17(24(41)42-5)10(2)36-44-23/h6,8,39H,7,25-26H2,1-5H3/b31-29+,32-30+. The summed E-state index contributed by atoms with van der Waals surface area (Å²) in [5.74, 6) is -0.278. The lowest BCUT2D eigenvalue weighted by Crippen LogP contribution is -2.09. The van der Waals surface area contributed by atoms with Gasteiger partial charge in [-0.25, -0.2) is 14.8 Å². The number of ketones is 1. The van der Waals surface area contributed by atoms with Gasteiger partial charge in [-0.2, -0.15) is 28.3 Å². The van der Waals surface area contributed by atoms with Crippen molar-refractivity contribution in [3.8, 4) is 11.6 Å². The highest BCUT2D eigenvalue weighted by Gasteiger charge is 2.22. The number of ether oxygens (including phenoxy) is 1. The number of esters is 1. The molecule has 20 heteroatoms. The number of aliphatic hydroxyl groups is 1. The third kappa shape index (κ3) is 5.43. The topological polar surface area (TPSA) is 252 Å². The van der Waals surface area contributed by atoms with Crippen LogP contribution in [-0.2, 0) is 4.74 Å². The summed E-state index contributed by atoms with van der Waals surface area (Å²) < 4.78 is 15.8. The fourth-order valence-corrected chi connectivity index (χ4v) is 5.48. The molecule has 0 unspecified atom stereocenters. The largest absolute Gasteiger partial charge is 0.465 e. The van der Waals surface area contributed by atoms with E-state index in [1.807, 2.05) is 0 Å². The van der Waals surface area contributed by atoms with Crippen molar-refractivity contribution in [3.63, 3.8) is 0 Å². The van der Waals surface area contributed by atoms with E-state index in [2.05, 4.69) is 49.4 Å². The highest BCUT2D eigenvalue weighted by molar-refractivity contribution is 7.10. The maximum Gasteiger partial charge on any atom is 0.342 e. The van der Waals surface area contributed by atoms with Crippen molar-refractivity contribution in [1.29, 1.82) is 0 Å². The quantitative estimate of drug-likeness (QED) is 0.118. The molecule has 0 radical (unpaired) electrons. The van der Waals surface area contributed by atoms with Crippen LogP contribution in [0.3, 0.4) is 0 Å². The fourth-order valence-electron chi connectivity index (χ4n) is 4.02. The van der Waals surface area contributed by atoms with Crippen molar-refractivity contribution >= 4 is 67.8 Å². The molecule has 44 heavy (non-hydrogen) atoms. The number of rotatable bonds is 9. The number of carbonyl (C=O) groups excluding carboxylic acids is 2. The van der Waals surface area contributed by atoms with E-state index in [0.29, 0.717) is 22.8 Å². The number of nitrogens with zero attached hydrogens (tertiary/aromatic N) is 12. The molecule has 0 fully saturated rings. The Hall–Kier alpha value is -5.34. The number of nitrogens with two attached hydrogens (primary N) is 2. The van der Waals surface area contributed by atoms with Gasteiger partial charge in [0.15, 0.2) is 50.4 Å². The predicted octanol–water partition coefficient (Wildman–Crippen LogP) is 3.95. The minimum absolute atomic E-state index is 0.118. The van der Waals surface area contributed by atoms with Crippen LogP contribution in [0.15, 0.2) is 32.9 Å². The van der Waals surface area contributed by atoms with Gasteiger partial charge in [0, 0.05) is 6.07 Å². The van der Waals surface area contributed by atoms with Crippen molar-refractivity contribution in [2.24, 2.45) is 20.5 Å². The highest BCUT2D eigenvalue weighted by Crippen LogP contribution is 2.35. The number of nitrogen functional groups attached to an aromatic ring is 2. The molecule has 18 nitrogen and oxygen atoms in total. The number of Topliss-reactive ketones (excluding diaryl/α,β-unsaturated/α-hetero) is 1. The summed E-state index contributed by atoms with van der Waals surface area (Å²) in [6.45, 7) is 6.02. The number of aliphatic hydroxyl groups excluding tert-OH is 1. The summed E-state index contributed by atoms with van der Waals surface area (Å²) in [5.41, 5.74) is 15.5. The second-order valence-corrected chi connectivity index (χ2v) is 10.6. The SMILES string of the molecule is COC(=O)c1c(C)nsc1/N=N/c1c(C)nn(-c2cc(-n3nc(C)c(/N=N/c4snc(C)c4C(=O)CO)c3N)ncn2)c1N. The lowest BCUT2D eigenvalue weighted by atomic mass is 10.2. The Morgan fingerprint density at radius 3 is 1.77 bits per heavy atom. The fraction of sp³-hybridized carbons (Fsp3) is 0.250. The van der Waals surface area contributed by atoms with Gasteiger partial charge < -0.3 is 21.3 Å². The lowest BCUT2D eigenvalue weighted by Gasteiger charge is -2.06. The molecule has 5 rings (SSSR count). The van der Waals surface area contributed by atoms with Gasteiger partial charge in [-0.15, -0.1) is 20.5 Å². The van der Waals surface area contributed by atoms with Crippen molar-refractivity contribution in [2.75, 3.05) is 25.2 Å². The minimum Gasteiger partial charge on any atom is -0.465 e. The number of methoxy groups -OCH3 is 1. The van der Waals surface area contributed by atoms with Crippen LogP contribution < -0.4 is 11.5 Å². The molecule has 5 heterocycles. The number of aryl methyl sites for hydroxylation is 4. The van der Waals surface area contributed by atoms with Gasteiger partial charge in [-0.05, 0) is 50.8 Å². The van der Waals surface area contributed by atoms with Crippen molar-refractivity contribution in [3.05, 3.63) is 46.3 Å². The van der Waals surface area contributed by atoms with E-state index in [0.717, 1.165) is 23.1 Å². The summed E-state index contributed by atoms with van der Waals surface area (Å²) in [6, 6.07) is 1.56. The lowest BCUT2D eigenvalue weighted by molar-refractivity contribution is 0.0601. The third-order valence-corrected chi connectivity index (χ3v) is 7.83.